The van der Waals surface area contributed by atoms with Crippen LogP contribution in [-0.4, -0.2) is 10.1 Å². The molecule has 1 amide bonds. The van der Waals surface area contributed by atoms with E-state index in [1.165, 1.54) is 11.1 Å². The Kier molecular flexibility index (Phi) is 4.39. The Morgan fingerprint density at radius 1 is 1.14 bits per heavy atom. The average Bonchev–Trinajstić information content (AvgIpc) is 2.54. The zero-order chi connectivity index (χ0) is 15.5. The minimum absolute atomic E-state index is 0.112. The maximum Gasteiger partial charge on any atom is 0.248 e. The van der Waals surface area contributed by atoms with Crippen molar-refractivity contribution >= 4 is 16.7 Å². The number of benzene rings is 2. The summed E-state index contributed by atoms with van der Waals surface area (Å²) in [5.74, 6) is 0.0757. The van der Waals surface area contributed by atoms with Gasteiger partial charge in [0.1, 0.15) is 0 Å². The number of nitrogens with two attached hydrogens (primary N) is 1. The molecule has 0 radical (unpaired) electrons. The summed E-state index contributed by atoms with van der Waals surface area (Å²) in [5.41, 5.74) is 9.26. The summed E-state index contributed by atoms with van der Waals surface area (Å²) in [7, 11) is -0.952. The second-order valence-corrected chi connectivity index (χ2v) is 7.29. The molecular weight excluding hydrogens is 294 g/mol. The zero-order valence-corrected chi connectivity index (χ0v) is 13.1. The number of rotatable bonds is 4. The van der Waals surface area contributed by atoms with E-state index in [-0.39, 0.29) is 5.25 Å². The molecule has 0 aliphatic heterocycles. The highest BCUT2D eigenvalue weighted by molar-refractivity contribution is 7.84. The Bertz CT molecular complexity index is 709. The van der Waals surface area contributed by atoms with Crippen LogP contribution in [0.3, 0.4) is 0 Å². The Morgan fingerprint density at radius 3 is 2.59 bits per heavy atom. The molecule has 2 aromatic rings. The summed E-state index contributed by atoms with van der Waals surface area (Å²) in [6.07, 6.45) is 3.15. The van der Waals surface area contributed by atoms with Gasteiger partial charge in [-0.25, -0.2) is 0 Å². The maximum absolute atomic E-state index is 12.8. The fourth-order valence-electron chi connectivity index (χ4n) is 3.01. The first-order valence-corrected chi connectivity index (χ1v) is 8.87. The van der Waals surface area contributed by atoms with Crippen LogP contribution in [0.4, 0.5) is 0 Å². The van der Waals surface area contributed by atoms with Crippen molar-refractivity contribution in [2.24, 2.45) is 5.73 Å². The Hall–Kier alpha value is -1.94. The number of carbonyl (C=O) groups excluding carboxylic acids is 1. The van der Waals surface area contributed by atoms with Crippen LogP contribution in [0.5, 0.6) is 0 Å². The van der Waals surface area contributed by atoms with E-state index in [2.05, 4.69) is 12.1 Å². The third-order valence-electron chi connectivity index (χ3n) is 4.18. The molecular formula is C18H19NO2S. The first kappa shape index (κ1) is 15.0. The first-order valence-electron chi connectivity index (χ1n) is 7.49. The van der Waals surface area contributed by atoms with Crippen molar-refractivity contribution in [3.8, 4) is 0 Å². The normalized spacial score (nSPS) is 18.5. The van der Waals surface area contributed by atoms with Gasteiger partial charge in [0.2, 0.25) is 5.91 Å². The molecule has 3 rings (SSSR count). The standard InChI is InChI=1S/C18H19NO2S/c19-18(20)15-10-8-13(9-11-15)12-22(21)17-7-3-5-14-4-1-2-6-16(14)17/h1-2,4,6,8-11,17H,3,5,7,12H2,(H2,19,20). The molecule has 4 heteroatoms. The van der Waals surface area contributed by atoms with E-state index < -0.39 is 16.7 Å². The molecule has 2 unspecified atom stereocenters. The quantitative estimate of drug-likeness (QED) is 0.943. The molecule has 0 saturated carbocycles. The Morgan fingerprint density at radius 2 is 1.86 bits per heavy atom. The van der Waals surface area contributed by atoms with Gasteiger partial charge in [-0.15, -0.1) is 0 Å². The van der Waals surface area contributed by atoms with Crippen LogP contribution in [0.25, 0.3) is 0 Å². The van der Waals surface area contributed by atoms with E-state index in [9.17, 15) is 9.00 Å². The summed E-state index contributed by atoms with van der Waals surface area (Å²) in [5, 5.41) is 0.112. The number of hydrogen-bond acceptors (Lipinski definition) is 2. The number of amides is 1. The van der Waals surface area contributed by atoms with Crippen LogP contribution < -0.4 is 5.73 Å². The number of primary amides is 1. The van der Waals surface area contributed by atoms with Crippen LogP contribution >= 0.6 is 0 Å². The van der Waals surface area contributed by atoms with Gasteiger partial charge < -0.3 is 5.73 Å². The van der Waals surface area contributed by atoms with E-state index in [0.717, 1.165) is 24.8 Å². The summed E-state index contributed by atoms with van der Waals surface area (Å²) in [6, 6.07) is 15.4. The summed E-state index contributed by atoms with van der Waals surface area (Å²) in [6.45, 7) is 0. The molecule has 3 nitrogen and oxygen atoms in total. The lowest BCUT2D eigenvalue weighted by Crippen LogP contribution is -2.15. The highest BCUT2D eigenvalue weighted by Gasteiger charge is 2.24. The van der Waals surface area contributed by atoms with Gasteiger partial charge in [0, 0.05) is 22.1 Å². The highest BCUT2D eigenvalue weighted by Crippen LogP contribution is 2.35. The van der Waals surface area contributed by atoms with Crippen LogP contribution in [0.15, 0.2) is 48.5 Å². The second-order valence-electron chi connectivity index (χ2n) is 5.67. The van der Waals surface area contributed by atoms with Crippen molar-refractivity contribution in [1.29, 1.82) is 0 Å². The number of carbonyl (C=O) groups is 1. The largest absolute Gasteiger partial charge is 0.366 e. The van der Waals surface area contributed by atoms with Gasteiger partial charge in [-0.05, 0) is 48.1 Å². The van der Waals surface area contributed by atoms with Crippen molar-refractivity contribution in [3.63, 3.8) is 0 Å². The molecule has 0 spiro atoms. The third kappa shape index (κ3) is 3.12. The van der Waals surface area contributed by atoms with E-state index in [0.29, 0.717) is 11.3 Å². The zero-order valence-electron chi connectivity index (χ0n) is 12.3. The topological polar surface area (TPSA) is 60.2 Å². The van der Waals surface area contributed by atoms with E-state index in [1.54, 1.807) is 12.1 Å². The van der Waals surface area contributed by atoms with Gasteiger partial charge in [0.25, 0.3) is 0 Å². The molecule has 2 aromatic carbocycles. The van der Waals surface area contributed by atoms with Gasteiger partial charge >= 0.3 is 0 Å². The lowest BCUT2D eigenvalue weighted by atomic mass is 9.91. The van der Waals surface area contributed by atoms with Crippen LogP contribution in [-0.2, 0) is 23.0 Å². The second kappa shape index (κ2) is 6.44. The summed E-state index contributed by atoms with van der Waals surface area (Å²) in [4.78, 5) is 11.1. The Labute approximate surface area is 133 Å². The fraction of sp³-hybridized carbons (Fsp3) is 0.278. The third-order valence-corrected chi connectivity index (χ3v) is 5.92. The van der Waals surface area contributed by atoms with Gasteiger partial charge in [0.05, 0.1) is 5.25 Å². The van der Waals surface area contributed by atoms with Gasteiger partial charge in [-0.3, -0.25) is 9.00 Å². The maximum atomic E-state index is 12.8. The van der Waals surface area contributed by atoms with E-state index in [1.807, 2.05) is 24.3 Å². The predicted octanol–water partition coefficient (Wildman–Crippen LogP) is 3.11. The minimum atomic E-state index is -0.952. The summed E-state index contributed by atoms with van der Waals surface area (Å²) < 4.78 is 12.8. The molecule has 22 heavy (non-hydrogen) atoms. The molecule has 2 atom stereocenters. The van der Waals surface area contributed by atoms with Gasteiger partial charge in [-0.2, -0.15) is 0 Å². The number of hydrogen-bond donors (Lipinski definition) is 1. The predicted molar refractivity (Wildman–Crippen MR) is 88.9 cm³/mol. The molecule has 0 heterocycles. The fourth-order valence-corrected chi connectivity index (χ4v) is 4.68. The lowest BCUT2D eigenvalue weighted by molar-refractivity contribution is 0.100. The first-order chi connectivity index (χ1) is 10.6. The molecule has 0 fully saturated rings. The molecule has 1 aliphatic carbocycles. The Balaban J connectivity index is 1.76. The molecule has 0 aromatic heterocycles. The molecule has 2 N–H and O–H groups in total. The van der Waals surface area contributed by atoms with Crippen LogP contribution in [0.2, 0.25) is 0 Å². The van der Waals surface area contributed by atoms with E-state index in [4.69, 9.17) is 5.73 Å². The van der Waals surface area contributed by atoms with Crippen molar-refractivity contribution in [1.82, 2.24) is 0 Å². The van der Waals surface area contributed by atoms with Crippen molar-refractivity contribution in [3.05, 3.63) is 70.8 Å². The minimum Gasteiger partial charge on any atom is -0.366 e. The van der Waals surface area contributed by atoms with Crippen molar-refractivity contribution < 1.29 is 9.00 Å². The SMILES string of the molecule is NC(=O)c1ccc(CS(=O)C2CCCc3ccccc32)cc1. The van der Waals surface area contributed by atoms with Crippen LogP contribution in [0.1, 0.15) is 45.1 Å². The van der Waals surface area contributed by atoms with Gasteiger partial charge in [-0.1, -0.05) is 36.4 Å². The number of aryl methyl sites for hydroxylation is 1. The number of fused-ring (bicyclic) bond motifs is 1. The van der Waals surface area contributed by atoms with Crippen molar-refractivity contribution in [2.75, 3.05) is 0 Å². The molecule has 0 saturated heterocycles. The van der Waals surface area contributed by atoms with Crippen molar-refractivity contribution in [2.45, 2.75) is 30.3 Å². The smallest absolute Gasteiger partial charge is 0.248 e. The summed E-state index contributed by atoms with van der Waals surface area (Å²) >= 11 is 0. The average molecular weight is 313 g/mol. The van der Waals surface area contributed by atoms with Crippen LogP contribution in [0, 0.1) is 0 Å². The lowest BCUT2D eigenvalue weighted by Gasteiger charge is -2.24. The molecule has 114 valence electrons. The monoisotopic (exact) mass is 313 g/mol. The molecule has 0 bridgehead atoms. The highest BCUT2D eigenvalue weighted by atomic mass is 32.2. The van der Waals surface area contributed by atoms with E-state index >= 15 is 0 Å². The van der Waals surface area contributed by atoms with Gasteiger partial charge in [0.15, 0.2) is 0 Å². The molecule has 1 aliphatic rings.